The van der Waals surface area contributed by atoms with Crippen LogP contribution in [0, 0.1) is 0 Å². The summed E-state index contributed by atoms with van der Waals surface area (Å²) in [7, 11) is 0. The highest BCUT2D eigenvalue weighted by atomic mass is 32.1. The van der Waals surface area contributed by atoms with Crippen molar-refractivity contribution in [3.05, 3.63) is 29.0 Å². The van der Waals surface area contributed by atoms with Crippen molar-refractivity contribution >= 4 is 28.3 Å². The number of hydrogen-bond donors (Lipinski definition) is 1. The molecule has 0 fully saturated rings. The summed E-state index contributed by atoms with van der Waals surface area (Å²) in [5, 5.41) is 11.5. The molecule has 3 rings (SSSR count). The molecule has 3 heterocycles. The van der Waals surface area contributed by atoms with E-state index in [1.54, 1.807) is 4.90 Å². The second-order valence-corrected chi connectivity index (χ2v) is 6.17. The van der Waals surface area contributed by atoms with Crippen molar-refractivity contribution in [3.8, 4) is 0 Å². The Kier molecular flexibility index (Phi) is 3.93. The maximum atomic E-state index is 12.4. The third-order valence-electron chi connectivity index (χ3n) is 3.79. The first-order valence-electron chi connectivity index (χ1n) is 7.19. The summed E-state index contributed by atoms with van der Waals surface area (Å²) in [4.78, 5) is 26.1. The van der Waals surface area contributed by atoms with E-state index in [1.165, 1.54) is 11.3 Å². The standard InChI is InChI=1S/C14H17N5O2S/c1-3-11-16-17-14(22-11)15-12(20)13(21)19-8-7-18-6-4-5-10(18)9(19)2/h4-6,9H,3,7-8H2,1-2H3,(H,15,17,20)/t9-/m0/s1. The highest BCUT2D eigenvalue weighted by molar-refractivity contribution is 7.15. The van der Waals surface area contributed by atoms with Crippen molar-refractivity contribution in [2.45, 2.75) is 32.9 Å². The van der Waals surface area contributed by atoms with E-state index in [1.807, 2.05) is 32.2 Å². The van der Waals surface area contributed by atoms with Gasteiger partial charge in [-0.2, -0.15) is 0 Å². The molecular formula is C14H17N5O2S. The maximum Gasteiger partial charge on any atom is 0.315 e. The Hall–Kier alpha value is -2.22. The summed E-state index contributed by atoms with van der Waals surface area (Å²) in [5.41, 5.74) is 1.04. The monoisotopic (exact) mass is 319 g/mol. The van der Waals surface area contributed by atoms with Crippen LogP contribution in [-0.2, 0) is 22.6 Å². The summed E-state index contributed by atoms with van der Waals surface area (Å²) < 4.78 is 2.10. The Morgan fingerprint density at radius 1 is 1.41 bits per heavy atom. The van der Waals surface area contributed by atoms with E-state index in [4.69, 9.17) is 0 Å². The summed E-state index contributed by atoms with van der Waals surface area (Å²) in [5.74, 6) is -1.20. The average Bonchev–Trinajstić information content (AvgIpc) is 3.16. The van der Waals surface area contributed by atoms with E-state index in [9.17, 15) is 9.59 Å². The molecular weight excluding hydrogens is 302 g/mol. The van der Waals surface area contributed by atoms with Crippen LogP contribution in [0.3, 0.4) is 0 Å². The molecule has 0 aliphatic carbocycles. The Labute approximate surface area is 132 Å². The molecule has 116 valence electrons. The minimum absolute atomic E-state index is 0.123. The van der Waals surface area contributed by atoms with Crippen LogP contribution in [0.5, 0.6) is 0 Å². The third-order valence-corrected chi connectivity index (χ3v) is 4.77. The second-order valence-electron chi connectivity index (χ2n) is 5.11. The minimum atomic E-state index is -0.661. The molecule has 2 aromatic heterocycles. The number of nitrogens with zero attached hydrogens (tertiary/aromatic N) is 4. The number of rotatable bonds is 2. The van der Waals surface area contributed by atoms with E-state index in [0.29, 0.717) is 18.2 Å². The lowest BCUT2D eigenvalue weighted by Gasteiger charge is -2.34. The minimum Gasteiger partial charge on any atom is -0.348 e. The fourth-order valence-electron chi connectivity index (χ4n) is 2.58. The molecule has 0 saturated heterocycles. The van der Waals surface area contributed by atoms with Crippen molar-refractivity contribution < 1.29 is 9.59 Å². The summed E-state index contributed by atoms with van der Waals surface area (Å²) in [6, 6.07) is 3.80. The van der Waals surface area contributed by atoms with Gasteiger partial charge in [-0.1, -0.05) is 18.3 Å². The fourth-order valence-corrected chi connectivity index (χ4v) is 3.26. The maximum absolute atomic E-state index is 12.4. The number of fused-ring (bicyclic) bond motifs is 1. The second kappa shape index (κ2) is 5.88. The summed E-state index contributed by atoms with van der Waals surface area (Å²) in [6.45, 7) is 5.11. The van der Waals surface area contributed by atoms with Gasteiger partial charge in [0.2, 0.25) is 5.13 Å². The van der Waals surface area contributed by atoms with E-state index in [0.717, 1.165) is 17.1 Å². The number of amides is 2. The topological polar surface area (TPSA) is 80.1 Å². The molecule has 0 aromatic carbocycles. The lowest BCUT2D eigenvalue weighted by atomic mass is 10.1. The van der Waals surface area contributed by atoms with Crippen molar-refractivity contribution in [2.24, 2.45) is 0 Å². The number of anilines is 1. The average molecular weight is 319 g/mol. The van der Waals surface area contributed by atoms with Gasteiger partial charge in [0.1, 0.15) is 5.01 Å². The largest absolute Gasteiger partial charge is 0.348 e. The highest BCUT2D eigenvalue weighted by Gasteiger charge is 2.31. The van der Waals surface area contributed by atoms with Gasteiger partial charge in [-0.05, 0) is 25.5 Å². The van der Waals surface area contributed by atoms with Crippen LogP contribution in [0.15, 0.2) is 18.3 Å². The molecule has 7 nitrogen and oxygen atoms in total. The molecule has 0 unspecified atom stereocenters. The smallest absolute Gasteiger partial charge is 0.315 e. The van der Waals surface area contributed by atoms with Crippen molar-refractivity contribution in [2.75, 3.05) is 11.9 Å². The number of hydrogen-bond acceptors (Lipinski definition) is 5. The zero-order valence-electron chi connectivity index (χ0n) is 12.4. The van der Waals surface area contributed by atoms with Crippen LogP contribution >= 0.6 is 11.3 Å². The zero-order valence-corrected chi connectivity index (χ0v) is 13.3. The van der Waals surface area contributed by atoms with Gasteiger partial charge in [0, 0.05) is 25.0 Å². The molecule has 2 amide bonds. The Balaban J connectivity index is 1.70. The molecule has 1 N–H and O–H groups in total. The molecule has 2 aromatic rings. The summed E-state index contributed by atoms with van der Waals surface area (Å²) >= 11 is 1.29. The van der Waals surface area contributed by atoms with Gasteiger partial charge in [-0.25, -0.2) is 0 Å². The molecule has 0 saturated carbocycles. The molecule has 8 heteroatoms. The third kappa shape index (κ3) is 2.61. The number of aryl methyl sites for hydroxylation is 1. The van der Waals surface area contributed by atoms with E-state index >= 15 is 0 Å². The van der Waals surface area contributed by atoms with Gasteiger partial charge in [-0.15, -0.1) is 10.2 Å². The van der Waals surface area contributed by atoms with E-state index in [-0.39, 0.29) is 6.04 Å². The predicted molar refractivity (Wildman–Crippen MR) is 82.5 cm³/mol. The van der Waals surface area contributed by atoms with Crippen molar-refractivity contribution in [1.82, 2.24) is 19.7 Å². The zero-order chi connectivity index (χ0) is 15.7. The Bertz CT molecular complexity index is 708. The van der Waals surface area contributed by atoms with Gasteiger partial charge in [0.25, 0.3) is 0 Å². The molecule has 1 atom stereocenters. The molecule has 1 aliphatic heterocycles. The van der Waals surface area contributed by atoms with Gasteiger partial charge in [0.05, 0.1) is 6.04 Å². The number of aromatic nitrogens is 3. The van der Waals surface area contributed by atoms with Gasteiger partial charge in [0.15, 0.2) is 0 Å². The molecule has 0 spiro atoms. The normalized spacial score (nSPS) is 17.2. The van der Waals surface area contributed by atoms with Crippen LogP contribution in [0.1, 0.15) is 30.6 Å². The first-order chi connectivity index (χ1) is 10.6. The lowest BCUT2D eigenvalue weighted by molar-refractivity contribution is -0.145. The molecule has 22 heavy (non-hydrogen) atoms. The fraction of sp³-hybridized carbons (Fsp3) is 0.429. The quantitative estimate of drug-likeness (QED) is 0.850. The Morgan fingerprint density at radius 2 is 2.23 bits per heavy atom. The number of carbonyl (C=O) groups is 2. The SMILES string of the molecule is CCc1nnc(NC(=O)C(=O)N2CCn3cccc3[C@@H]2C)s1. The first kappa shape index (κ1) is 14.7. The number of nitrogens with one attached hydrogen (secondary N) is 1. The molecule has 0 bridgehead atoms. The van der Waals surface area contributed by atoms with Crippen LogP contribution in [0.4, 0.5) is 5.13 Å². The molecule has 0 radical (unpaired) electrons. The Morgan fingerprint density at radius 3 is 2.95 bits per heavy atom. The summed E-state index contributed by atoms with van der Waals surface area (Å²) in [6.07, 6.45) is 2.74. The van der Waals surface area contributed by atoms with Gasteiger partial charge >= 0.3 is 11.8 Å². The van der Waals surface area contributed by atoms with Crippen LogP contribution in [0.2, 0.25) is 0 Å². The first-order valence-corrected chi connectivity index (χ1v) is 8.01. The van der Waals surface area contributed by atoms with Crippen LogP contribution in [-0.4, -0.2) is 38.0 Å². The van der Waals surface area contributed by atoms with Crippen LogP contribution in [0.25, 0.3) is 0 Å². The van der Waals surface area contributed by atoms with Crippen LogP contribution < -0.4 is 5.32 Å². The lowest BCUT2D eigenvalue weighted by Crippen LogP contribution is -2.45. The molecule has 1 aliphatic rings. The number of carbonyl (C=O) groups excluding carboxylic acids is 2. The van der Waals surface area contributed by atoms with E-state index < -0.39 is 11.8 Å². The van der Waals surface area contributed by atoms with E-state index in [2.05, 4.69) is 20.1 Å². The van der Waals surface area contributed by atoms with Gasteiger partial charge < -0.3 is 9.47 Å². The predicted octanol–water partition coefficient (Wildman–Crippen LogP) is 1.44. The van der Waals surface area contributed by atoms with Crippen molar-refractivity contribution in [3.63, 3.8) is 0 Å². The van der Waals surface area contributed by atoms with Crippen molar-refractivity contribution in [1.29, 1.82) is 0 Å². The van der Waals surface area contributed by atoms with Gasteiger partial charge in [-0.3, -0.25) is 14.9 Å². The highest BCUT2D eigenvalue weighted by Crippen LogP contribution is 2.25.